The maximum Gasteiger partial charge on any atom is 0.146 e. The SMILES string of the molecule is CC#C[Si](C)(C)CCl. The highest BCUT2D eigenvalue weighted by Crippen LogP contribution is 2.00. The van der Waals surface area contributed by atoms with Crippen molar-refractivity contribution < 1.29 is 0 Å². The molecule has 0 aromatic carbocycles. The third-order valence-corrected chi connectivity index (χ3v) is 4.40. The van der Waals surface area contributed by atoms with Crippen LogP contribution in [0.15, 0.2) is 0 Å². The van der Waals surface area contributed by atoms with Gasteiger partial charge in [0, 0.05) is 5.50 Å². The molecular weight excluding hydrogens is 136 g/mol. The Morgan fingerprint density at radius 3 is 2.12 bits per heavy atom. The van der Waals surface area contributed by atoms with Crippen molar-refractivity contribution in [3.63, 3.8) is 0 Å². The highest BCUT2D eigenvalue weighted by molar-refractivity contribution is 6.89. The van der Waals surface area contributed by atoms with Crippen molar-refractivity contribution in [2.45, 2.75) is 20.0 Å². The highest BCUT2D eigenvalue weighted by atomic mass is 35.5. The van der Waals surface area contributed by atoms with Crippen LogP contribution in [-0.2, 0) is 0 Å². The van der Waals surface area contributed by atoms with Gasteiger partial charge >= 0.3 is 0 Å². The fourth-order valence-electron chi connectivity index (χ4n) is 0.372. The Kier molecular flexibility index (Phi) is 3.19. The summed E-state index contributed by atoms with van der Waals surface area (Å²) in [6, 6.07) is 0. The normalized spacial score (nSPS) is 10.0. The standard InChI is InChI=1S/C6H11ClSi/c1-4-5-8(2,3)6-7/h6H2,1-3H3. The molecule has 0 unspecified atom stereocenters. The third kappa shape index (κ3) is 3.12. The van der Waals surface area contributed by atoms with Gasteiger partial charge in [-0.25, -0.2) is 0 Å². The van der Waals surface area contributed by atoms with Crippen molar-refractivity contribution in [3.05, 3.63) is 0 Å². The molecule has 0 heterocycles. The van der Waals surface area contributed by atoms with E-state index in [4.69, 9.17) is 11.6 Å². The van der Waals surface area contributed by atoms with E-state index in [0.29, 0.717) is 0 Å². The van der Waals surface area contributed by atoms with Gasteiger partial charge in [-0.05, 0) is 6.92 Å². The van der Waals surface area contributed by atoms with E-state index < -0.39 is 8.07 Å². The summed E-state index contributed by atoms with van der Waals surface area (Å²) in [4.78, 5) is 0. The summed E-state index contributed by atoms with van der Waals surface area (Å²) in [5.74, 6) is 2.89. The summed E-state index contributed by atoms with van der Waals surface area (Å²) in [5, 5.41) is 0. The van der Waals surface area contributed by atoms with E-state index in [1.807, 2.05) is 6.92 Å². The second-order valence-corrected chi connectivity index (χ2v) is 7.48. The molecule has 0 aliphatic heterocycles. The minimum Gasteiger partial charge on any atom is -0.131 e. The first-order chi connectivity index (χ1) is 3.62. The molecule has 0 atom stereocenters. The molecule has 0 fully saturated rings. The van der Waals surface area contributed by atoms with E-state index in [2.05, 4.69) is 24.6 Å². The summed E-state index contributed by atoms with van der Waals surface area (Å²) >= 11 is 5.63. The fourth-order valence-corrected chi connectivity index (χ4v) is 1.32. The van der Waals surface area contributed by atoms with Gasteiger partial charge in [-0.15, -0.1) is 23.1 Å². The van der Waals surface area contributed by atoms with Crippen LogP contribution in [0.2, 0.25) is 13.1 Å². The predicted octanol–water partition coefficient (Wildman–Crippen LogP) is 2.04. The van der Waals surface area contributed by atoms with Crippen molar-refractivity contribution in [1.29, 1.82) is 0 Å². The second kappa shape index (κ2) is 3.16. The van der Waals surface area contributed by atoms with Crippen LogP contribution in [0.1, 0.15) is 6.92 Å². The van der Waals surface area contributed by atoms with Crippen molar-refractivity contribution in [2.75, 3.05) is 5.50 Å². The van der Waals surface area contributed by atoms with E-state index in [9.17, 15) is 0 Å². The first-order valence-electron chi connectivity index (χ1n) is 2.62. The zero-order valence-corrected chi connectivity index (χ0v) is 7.34. The van der Waals surface area contributed by atoms with Gasteiger partial charge in [0.2, 0.25) is 0 Å². The molecule has 0 bridgehead atoms. The van der Waals surface area contributed by atoms with Crippen LogP contribution in [0, 0.1) is 11.5 Å². The van der Waals surface area contributed by atoms with E-state index in [0.717, 1.165) is 5.50 Å². The molecule has 0 aromatic heterocycles. The van der Waals surface area contributed by atoms with Gasteiger partial charge in [0.15, 0.2) is 0 Å². The lowest BCUT2D eigenvalue weighted by Crippen LogP contribution is -2.25. The van der Waals surface area contributed by atoms with Crippen LogP contribution in [0.4, 0.5) is 0 Å². The Labute approximate surface area is 57.2 Å². The van der Waals surface area contributed by atoms with Crippen LogP contribution >= 0.6 is 11.6 Å². The van der Waals surface area contributed by atoms with E-state index in [-0.39, 0.29) is 0 Å². The zero-order valence-electron chi connectivity index (χ0n) is 5.59. The average Bonchev–Trinajstić information content (AvgIpc) is 1.67. The number of hydrogen-bond donors (Lipinski definition) is 0. The van der Waals surface area contributed by atoms with Gasteiger partial charge in [0.05, 0.1) is 0 Å². The van der Waals surface area contributed by atoms with Crippen LogP contribution in [-0.4, -0.2) is 13.6 Å². The highest BCUT2D eigenvalue weighted by Gasteiger charge is 2.14. The Bertz CT molecular complexity index is 118. The van der Waals surface area contributed by atoms with E-state index in [1.165, 1.54) is 0 Å². The quantitative estimate of drug-likeness (QED) is 0.302. The number of alkyl halides is 1. The Morgan fingerprint density at radius 2 is 2.00 bits per heavy atom. The molecule has 0 spiro atoms. The molecule has 0 radical (unpaired) electrons. The minimum absolute atomic E-state index is 0.744. The zero-order chi connectivity index (χ0) is 6.62. The lowest BCUT2D eigenvalue weighted by atomic mass is 10.8. The molecule has 46 valence electrons. The van der Waals surface area contributed by atoms with Crippen molar-refractivity contribution in [3.8, 4) is 11.5 Å². The summed E-state index contributed by atoms with van der Waals surface area (Å²) in [6.45, 7) is 6.19. The lowest BCUT2D eigenvalue weighted by Gasteiger charge is -2.07. The maximum absolute atomic E-state index is 5.63. The molecule has 0 aliphatic carbocycles. The number of hydrogen-bond acceptors (Lipinski definition) is 0. The minimum atomic E-state index is -1.27. The molecule has 0 saturated heterocycles. The van der Waals surface area contributed by atoms with E-state index >= 15 is 0 Å². The van der Waals surface area contributed by atoms with Crippen molar-refractivity contribution >= 4 is 19.7 Å². The van der Waals surface area contributed by atoms with E-state index in [1.54, 1.807) is 0 Å². The largest absolute Gasteiger partial charge is 0.146 e. The van der Waals surface area contributed by atoms with Gasteiger partial charge in [-0.3, -0.25) is 0 Å². The van der Waals surface area contributed by atoms with Crippen LogP contribution in [0.5, 0.6) is 0 Å². The number of halogens is 1. The molecule has 0 rings (SSSR count). The first-order valence-corrected chi connectivity index (χ1v) is 6.36. The van der Waals surface area contributed by atoms with Crippen LogP contribution in [0.25, 0.3) is 0 Å². The molecule has 0 nitrogen and oxygen atoms in total. The van der Waals surface area contributed by atoms with Gasteiger partial charge in [0.1, 0.15) is 8.07 Å². The van der Waals surface area contributed by atoms with Gasteiger partial charge in [-0.1, -0.05) is 13.1 Å². The molecule has 0 saturated carbocycles. The molecule has 8 heavy (non-hydrogen) atoms. The smallest absolute Gasteiger partial charge is 0.131 e. The average molecular weight is 147 g/mol. The van der Waals surface area contributed by atoms with Gasteiger partial charge < -0.3 is 0 Å². The van der Waals surface area contributed by atoms with Crippen molar-refractivity contribution in [1.82, 2.24) is 0 Å². The molecule has 0 aromatic rings. The summed E-state index contributed by atoms with van der Waals surface area (Å²) in [6.07, 6.45) is 0. The summed E-state index contributed by atoms with van der Waals surface area (Å²) in [7, 11) is -1.27. The molecule has 0 amide bonds. The Balaban J connectivity index is 3.85. The summed E-state index contributed by atoms with van der Waals surface area (Å²) in [5.41, 5.74) is 3.87. The Morgan fingerprint density at radius 1 is 1.50 bits per heavy atom. The molecule has 2 heteroatoms. The van der Waals surface area contributed by atoms with Gasteiger partial charge in [0.25, 0.3) is 0 Å². The molecule has 0 N–H and O–H groups in total. The molecular formula is C6H11ClSi. The van der Waals surface area contributed by atoms with Crippen LogP contribution in [0.3, 0.4) is 0 Å². The third-order valence-electron chi connectivity index (χ3n) is 0.797. The fraction of sp³-hybridized carbons (Fsp3) is 0.667. The van der Waals surface area contributed by atoms with Crippen LogP contribution < -0.4 is 0 Å². The Hall–Kier alpha value is 0.0669. The summed E-state index contributed by atoms with van der Waals surface area (Å²) < 4.78 is 0. The van der Waals surface area contributed by atoms with Crippen molar-refractivity contribution in [2.24, 2.45) is 0 Å². The van der Waals surface area contributed by atoms with Gasteiger partial charge in [-0.2, -0.15) is 0 Å². The predicted molar refractivity (Wildman–Crippen MR) is 41.7 cm³/mol. The second-order valence-electron chi connectivity index (χ2n) is 2.39. The topological polar surface area (TPSA) is 0 Å². The monoisotopic (exact) mass is 146 g/mol. The maximum atomic E-state index is 5.63. The number of rotatable bonds is 1. The lowest BCUT2D eigenvalue weighted by molar-refractivity contribution is 1.75. The molecule has 0 aliphatic rings. The first kappa shape index (κ1) is 8.07.